The van der Waals surface area contributed by atoms with Crippen LogP contribution in [0.2, 0.25) is 0 Å². The Labute approximate surface area is 188 Å². The van der Waals surface area contributed by atoms with Gasteiger partial charge in [-0.25, -0.2) is 0 Å². The van der Waals surface area contributed by atoms with Gasteiger partial charge in [0.05, 0.1) is 11.6 Å². The molecular formula is C25H39N3OS. The van der Waals surface area contributed by atoms with Crippen LogP contribution in [-0.2, 0) is 0 Å². The second-order valence-electron chi connectivity index (χ2n) is 9.39. The smallest absolute Gasteiger partial charge is 0.119 e. The van der Waals surface area contributed by atoms with Gasteiger partial charge in [0.1, 0.15) is 5.75 Å². The molecule has 0 amide bonds. The highest BCUT2D eigenvalue weighted by atomic mass is 32.1. The lowest BCUT2D eigenvalue weighted by atomic mass is 10.2. The molecule has 0 aromatic heterocycles. The molecule has 30 heavy (non-hydrogen) atoms. The first kappa shape index (κ1) is 22.0. The predicted molar refractivity (Wildman–Crippen MR) is 130 cm³/mol. The van der Waals surface area contributed by atoms with Crippen LogP contribution in [0.25, 0.3) is 0 Å². The summed E-state index contributed by atoms with van der Waals surface area (Å²) in [4.78, 5) is 8.77. The van der Waals surface area contributed by atoms with Crippen molar-refractivity contribution in [3.63, 3.8) is 0 Å². The number of thiocarbonyl (C=S) groups is 1. The van der Waals surface area contributed by atoms with Crippen molar-refractivity contribution in [3.05, 3.63) is 24.3 Å². The molecule has 3 aliphatic rings. The highest BCUT2D eigenvalue weighted by molar-refractivity contribution is 7.80. The predicted octanol–water partition coefficient (Wildman–Crippen LogP) is 5.11. The average Bonchev–Trinajstić information content (AvgIpc) is 3.22. The molecule has 0 saturated carbocycles. The van der Waals surface area contributed by atoms with Gasteiger partial charge in [0.25, 0.3) is 0 Å². The van der Waals surface area contributed by atoms with Crippen LogP contribution in [0.3, 0.4) is 0 Å². The lowest BCUT2D eigenvalue weighted by Gasteiger charge is -2.31. The van der Waals surface area contributed by atoms with Crippen molar-refractivity contribution >= 4 is 22.9 Å². The van der Waals surface area contributed by atoms with Crippen molar-refractivity contribution in [2.45, 2.75) is 76.8 Å². The van der Waals surface area contributed by atoms with E-state index in [0.29, 0.717) is 6.04 Å². The van der Waals surface area contributed by atoms with Gasteiger partial charge in [-0.05, 0) is 89.3 Å². The second kappa shape index (κ2) is 10.9. The Morgan fingerprint density at radius 3 is 2.43 bits per heavy atom. The molecule has 1 aromatic carbocycles. The van der Waals surface area contributed by atoms with Crippen LogP contribution >= 0.6 is 12.2 Å². The van der Waals surface area contributed by atoms with Crippen LogP contribution in [-0.4, -0.2) is 66.2 Å². The lowest BCUT2D eigenvalue weighted by Crippen LogP contribution is -2.42. The summed E-state index contributed by atoms with van der Waals surface area (Å²) < 4.78 is 6.02. The average molecular weight is 430 g/mol. The van der Waals surface area contributed by atoms with E-state index in [0.717, 1.165) is 49.3 Å². The summed E-state index contributed by atoms with van der Waals surface area (Å²) >= 11 is 5.75. The zero-order chi connectivity index (χ0) is 20.8. The van der Waals surface area contributed by atoms with E-state index in [1.54, 1.807) is 0 Å². The zero-order valence-electron chi connectivity index (χ0n) is 18.7. The van der Waals surface area contributed by atoms with Gasteiger partial charge in [0.2, 0.25) is 0 Å². The van der Waals surface area contributed by atoms with Crippen LogP contribution in [0.4, 0.5) is 5.69 Å². The number of hydrogen-bond donors (Lipinski definition) is 0. The monoisotopic (exact) mass is 429 g/mol. The van der Waals surface area contributed by atoms with E-state index in [-0.39, 0.29) is 0 Å². The van der Waals surface area contributed by atoms with Crippen LogP contribution in [0, 0.1) is 0 Å². The molecule has 3 aliphatic heterocycles. The Balaban J connectivity index is 1.27. The standard InChI is InChI=1S/C25H39N3OS/c1-21-8-6-17-27(21)18-7-19-29-24-12-9-22(10-13-24)28-23(11-14-25(28)30)20-26-15-4-2-3-5-16-26/h9-10,12-13,21,23H,2-8,11,14-20H2,1H3/t21?,23-/m0/s1. The number of hydrogen-bond acceptors (Lipinski definition) is 4. The van der Waals surface area contributed by atoms with Gasteiger partial charge in [-0.1, -0.05) is 25.1 Å². The minimum Gasteiger partial charge on any atom is -0.494 e. The van der Waals surface area contributed by atoms with Crippen LogP contribution in [0.15, 0.2) is 24.3 Å². The molecule has 4 rings (SSSR count). The Hall–Kier alpha value is -1.17. The van der Waals surface area contributed by atoms with Gasteiger partial charge in [-0.15, -0.1) is 0 Å². The van der Waals surface area contributed by atoms with Crippen molar-refractivity contribution in [1.82, 2.24) is 9.80 Å². The third kappa shape index (κ3) is 5.74. The van der Waals surface area contributed by atoms with E-state index < -0.39 is 0 Å². The van der Waals surface area contributed by atoms with E-state index in [4.69, 9.17) is 17.0 Å². The first-order chi connectivity index (χ1) is 14.7. The van der Waals surface area contributed by atoms with Crippen molar-refractivity contribution in [2.24, 2.45) is 0 Å². The number of ether oxygens (including phenoxy) is 1. The Morgan fingerprint density at radius 1 is 0.967 bits per heavy atom. The first-order valence-electron chi connectivity index (χ1n) is 12.2. The third-order valence-corrected chi connectivity index (χ3v) is 7.56. The van der Waals surface area contributed by atoms with E-state index in [1.807, 2.05) is 0 Å². The van der Waals surface area contributed by atoms with Crippen LogP contribution in [0.1, 0.15) is 64.7 Å². The molecule has 166 valence electrons. The first-order valence-corrected chi connectivity index (χ1v) is 12.6. The van der Waals surface area contributed by atoms with Crippen LogP contribution in [0.5, 0.6) is 5.75 Å². The summed E-state index contributed by atoms with van der Waals surface area (Å²) in [6, 6.07) is 9.91. The molecule has 0 radical (unpaired) electrons. The fourth-order valence-electron chi connectivity index (χ4n) is 5.37. The molecule has 0 bridgehead atoms. The molecule has 0 N–H and O–H groups in total. The molecule has 0 spiro atoms. The van der Waals surface area contributed by atoms with E-state index in [2.05, 4.69) is 45.9 Å². The minimum atomic E-state index is 0.518. The molecule has 1 unspecified atom stereocenters. The van der Waals surface area contributed by atoms with Gasteiger partial charge in [-0.3, -0.25) is 0 Å². The zero-order valence-corrected chi connectivity index (χ0v) is 19.5. The maximum atomic E-state index is 6.02. The molecule has 3 fully saturated rings. The maximum Gasteiger partial charge on any atom is 0.119 e. The SMILES string of the molecule is CC1CCCN1CCCOc1ccc(N2C(=S)CC[C@H]2CN2CCCCCC2)cc1. The Morgan fingerprint density at radius 2 is 1.73 bits per heavy atom. The van der Waals surface area contributed by atoms with Gasteiger partial charge >= 0.3 is 0 Å². The topological polar surface area (TPSA) is 19.0 Å². The number of nitrogens with zero attached hydrogens (tertiary/aromatic N) is 3. The van der Waals surface area contributed by atoms with Crippen molar-refractivity contribution in [3.8, 4) is 5.75 Å². The van der Waals surface area contributed by atoms with E-state index in [9.17, 15) is 0 Å². The largest absolute Gasteiger partial charge is 0.494 e. The maximum absolute atomic E-state index is 6.02. The second-order valence-corrected chi connectivity index (χ2v) is 9.87. The third-order valence-electron chi connectivity index (χ3n) is 7.16. The summed E-state index contributed by atoms with van der Waals surface area (Å²) in [5, 5.41) is 0. The number of benzene rings is 1. The summed E-state index contributed by atoms with van der Waals surface area (Å²) in [5.74, 6) is 0.974. The Bertz CT molecular complexity index is 671. The fourth-order valence-corrected chi connectivity index (χ4v) is 5.75. The fraction of sp³-hybridized carbons (Fsp3) is 0.720. The normalized spacial score (nSPS) is 26.3. The molecule has 3 saturated heterocycles. The van der Waals surface area contributed by atoms with Gasteiger partial charge in [0.15, 0.2) is 0 Å². The number of likely N-dealkylation sites (tertiary alicyclic amines) is 2. The minimum absolute atomic E-state index is 0.518. The molecule has 5 heteroatoms. The molecular weight excluding hydrogens is 390 g/mol. The van der Waals surface area contributed by atoms with Crippen molar-refractivity contribution in [1.29, 1.82) is 0 Å². The van der Waals surface area contributed by atoms with Crippen LogP contribution < -0.4 is 9.64 Å². The van der Waals surface area contributed by atoms with Crippen molar-refractivity contribution in [2.75, 3.05) is 44.2 Å². The number of rotatable bonds is 8. The van der Waals surface area contributed by atoms with Gasteiger partial charge in [0, 0.05) is 37.3 Å². The molecule has 1 aromatic rings. The van der Waals surface area contributed by atoms with E-state index >= 15 is 0 Å². The lowest BCUT2D eigenvalue weighted by molar-refractivity contribution is 0.230. The Kier molecular flexibility index (Phi) is 8.02. The summed E-state index contributed by atoms with van der Waals surface area (Å²) in [7, 11) is 0. The highest BCUT2D eigenvalue weighted by Gasteiger charge is 2.31. The highest BCUT2D eigenvalue weighted by Crippen LogP contribution is 2.30. The summed E-state index contributed by atoms with van der Waals surface area (Å²) in [6.07, 6.45) is 11.5. The molecule has 3 heterocycles. The van der Waals surface area contributed by atoms with E-state index in [1.165, 1.54) is 70.3 Å². The number of anilines is 1. The van der Waals surface area contributed by atoms with Crippen molar-refractivity contribution < 1.29 is 4.74 Å². The summed E-state index contributed by atoms with van der Waals surface area (Å²) in [6.45, 7) is 9.19. The van der Waals surface area contributed by atoms with Gasteiger partial charge in [-0.2, -0.15) is 0 Å². The summed E-state index contributed by atoms with van der Waals surface area (Å²) in [5.41, 5.74) is 1.23. The quantitative estimate of drug-likeness (QED) is 0.421. The molecule has 2 atom stereocenters. The molecule has 4 nitrogen and oxygen atoms in total. The molecule has 0 aliphatic carbocycles. The van der Waals surface area contributed by atoms with Gasteiger partial charge < -0.3 is 19.4 Å².